The zero-order chi connectivity index (χ0) is 24.8. The molecular formula is C27H28N4O3S. The minimum Gasteiger partial charge on any atom is -0.495 e. The molecule has 0 spiro atoms. The molecule has 0 saturated carbocycles. The van der Waals surface area contributed by atoms with Crippen LogP contribution < -0.4 is 14.8 Å². The van der Waals surface area contributed by atoms with Gasteiger partial charge in [-0.1, -0.05) is 60.3 Å². The Kier molecular flexibility index (Phi) is 7.72. The number of para-hydroxylation sites is 4. The molecule has 180 valence electrons. The molecule has 0 aliphatic carbocycles. The highest BCUT2D eigenvalue weighted by molar-refractivity contribution is 8.00. The van der Waals surface area contributed by atoms with Crippen molar-refractivity contribution in [1.82, 2.24) is 14.8 Å². The number of carbonyl (C=O) groups excluding carboxylic acids is 1. The van der Waals surface area contributed by atoms with Gasteiger partial charge in [0.15, 0.2) is 11.0 Å². The van der Waals surface area contributed by atoms with Gasteiger partial charge in [-0.25, -0.2) is 0 Å². The minimum absolute atomic E-state index is 0.157. The number of ether oxygens (including phenoxy) is 2. The monoisotopic (exact) mass is 488 g/mol. The summed E-state index contributed by atoms with van der Waals surface area (Å²) in [5.41, 5.74) is 3.65. The Bertz CT molecular complexity index is 1290. The number of thioether (sulfide) groups is 1. The Hall–Kier alpha value is -3.78. The summed E-state index contributed by atoms with van der Waals surface area (Å²) in [6, 6.07) is 23.2. The number of nitrogens with one attached hydrogen (secondary N) is 1. The van der Waals surface area contributed by atoms with Crippen molar-refractivity contribution in [2.75, 3.05) is 12.4 Å². The van der Waals surface area contributed by atoms with E-state index < -0.39 is 5.25 Å². The maximum absolute atomic E-state index is 13.0. The van der Waals surface area contributed by atoms with Crippen LogP contribution in [-0.2, 0) is 11.4 Å². The molecule has 1 unspecified atom stereocenters. The number of hydrogen-bond donors (Lipinski definition) is 1. The van der Waals surface area contributed by atoms with Crippen LogP contribution >= 0.6 is 11.8 Å². The topological polar surface area (TPSA) is 78.3 Å². The van der Waals surface area contributed by atoms with E-state index in [0.29, 0.717) is 22.4 Å². The number of aromatic nitrogens is 3. The lowest BCUT2D eigenvalue weighted by molar-refractivity contribution is -0.115. The van der Waals surface area contributed by atoms with Crippen LogP contribution in [0.25, 0.3) is 5.69 Å². The zero-order valence-corrected chi connectivity index (χ0v) is 21.0. The molecule has 0 fully saturated rings. The van der Waals surface area contributed by atoms with Crippen molar-refractivity contribution in [1.29, 1.82) is 0 Å². The van der Waals surface area contributed by atoms with E-state index in [2.05, 4.69) is 15.5 Å². The van der Waals surface area contributed by atoms with Crippen LogP contribution in [0.1, 0.15) is 23.9 Å². The summed E-state index contributed by atoms with van der Waals surface area (Å²) in [5, 5.41) is 11.9. The molecule has 1 aromatic heterocycles. The molecule has 7 nitrogen and oxygen atoms in total. The van der Waals surface area contributed by atoms with Crippen LogP contribution in [0.15, 0.2) is 78.0 Å². The highest BCUT2D eigenvalue weighted by Gasteiger charge is 2.22. The second-order valence-electron chi connectivity index (χ2n) is 8.03. The number of aryl methyl sites for hydroxylation is 2. The smallest absolute Gasteiger partial charge is 0.237 e. The summed E-state index contributed by atoms with van der Waals surface area (Å²) < 4.78 is 13.4. The fourth-order valence-corrected chi connectivity index (χ4v) is 4.55. The van der Waals surface area contributed by atoms with Crippen LogP contribution in [0.5, 0.6) is 11.5 Å². The standard InChI is InChI=1S/C27H28N4O3S/c1-18-11-10-12-19(2)25(18)34-17-24-29-30-27(31(24)21-13-6-5-7-14-21)35-20(3)26(32)28-22-15-8-9-16-23(22)33-4/h5-16,20H,17H2,1-4H3,(H,28,32). The Morgan fingerprint density at radius 3 is 2.37 bits per heavy atom. The third-order valence-corrected chi connectivity index (χ3v) is 6.53. The van der Waals surface area contributed by atoms with Crippen molar-refractivity contribution < 1.29 is 14.3 Å². The van der Waals surface area contributed by atoms with E-state index in [1.54, 1.807) is 7.11 Å². The highest BCUT2D eigenvalue weighted by Crippen LogP contribution is 2.29. The second kappa shape index (κ2) is 11.1. The van der Waals surface area contributed by atoms with Crippen LogP contribution in [-0.4, -0.2) is 33.0 Å². The molecule has 4 rings (SSSR count). The second-order valence-corrected chi connectivity index (χ2v) is 9.34. The van der Waals surface area contributed by atoms with Gasteiger partial charge in [-0.15, -0.1) is 10.2 Å². The first-order chi connectivity index (χ1) is 17.0. The van der Waals surface area contributed by atoms with Gasteiger partial charge in [-0.2, -0.15) is 0 Å². The van der Waals surface area contributed by atoms with E-state index in [-0.39, 0.29) is 12.5 Å². The summed E-state index contributed by atoms with van der Waals surface area (Å²) in [6.07, 6.45) is 0. The molecular weight excluding hydrogens is 460 g/mol. The van der Waals surface area contributed by atoms with Gasteiger partial charge in [0.1, 0.15) is 18.1 Å². The molecule has 4 aromatic rings. The Morgan fingerprint density at radius 1 is 0.971 bits per heavy atom. The van der Waals surface area contributed by atoms with E-state index in [9.17, 15) is 4.79 Å². The van der Waals surface area contributed by atoms with Crippen molar-refractivity contribution in [3.8, 4) is 17.2 Å². The maximum atomic E-state index is 13.0. The van der Waals surface area contributed by atoms with Crippen molar-refractivity contribution in [3.63, 3.8) is 0 Å². The fraction of sp³-hybridized carbons (Fsp3) is 0.222. The Labute approximate surface area is 209 Å². The first-order valence-electron chi connectivity index (χ1n) is 11.3. The molecule has 1 N–H and O–H groups in total. The normalized spacial score (nSPS) is 11.7. The largest absolute Gasteiger partial charge is 0.495 e. The number of hydrogen-bond acceptors (Lipinski definition) is 6. The van der Waals surface area contributed by atoms with Crippen molar-refractivity contribution >= 4 is 23.4 Å². The molecule has 1 heterocycles. The molecule has 0 radical (unpaired) electrons. The molecule has 1 amide bonds. The van der Waals surface area contributed by atoms with Gasteiger partial charge in [0.2, 0.25) is 5.91 Å². The number of anilines is 1. The first kappa shape index (κ1) is 24.3. The Balaban J connectivity index is 1.56. The number of rotatable bonds is 9. The van der Waals surface area contributed by atoms with Gasteiger partial charge >= 0.3 is 0 Å². The zero-order valence-electron chi connectivity index (χ0n) is 20.2. The van der Waals surface area contributed by atoms with E-state index in [4.69, 9.17) is 9.47 Å². The molecule has 0 aliphatic heterocycles. The van der Waals surface area contributed by atoms with E-state index in [1.165, 1.54) is 11.8 Å². The van der Waals surface area contributed by atoms with Gasteiger partial charge in [-0.3, -0.25) is 9.36 Å². The summed E-state index contributed by atoms with van der Waals surface area (Å²) in [7, 11) is 1.58. The van der Waals surface area contributed by atoms with Crippen molar-refractivity contribution in [2.24, 2.45) is 0 Å². The predicted molar refractivity (Wildman–Crippen MR) is 139 cm³/mol. The van der Waals surface area contributed by atoms with Crippen LogP contribution in [0.4, 0.5) is 5.69 Å². The molecule has 0 aliphatic rings. The van der Waals surface area contributed by atoms with Gasteiger partial charge in [0.05, 0.1) is 18.0 Å². The van der Waals surface area contributed by atoms with Crippen LogP contribution in [0.3, 0.4) is 0 Å². The number of amides is 1. The van der Waals surface area contributed by atoms with Crippen molar-refractivity contribution in [2.45, 2.75) is 37.8 Å². The minimum atomic E-state index is -0.432. The van der Waals surface area contributed by atoms with Gasteiger partial charge in [0, 0.05) is 5.69 Å². The Morgan fingerprint density at radius 2 is 1.66 bits per heavy atom. The lowest BCUT2D eigenvalue weighted by Gasteiger charge is -2.16. The van der Waals surface area contributed by atoms with E-state index in [0.717, 1.165) is 22.6 Å². The third-order valence-electron chi connectivity index (χ3n) is 5.49. The molecule has 3 aromatic carbocycles. The van der Waals surface area contributed by atoms with Crippen LogP contribution in [0, 0.1) is 13.8 Å². The lowest BCUT2D eigenvalue weighted by Crippen LogP contribution is -2.23. The number of methoxy groups -OCH3 is 1. The molecule has 8 heteroatoms. The fourth-order valence-electron chi connectivity index (χ4n) is 3.66. The molecule has 35 heavy (non-hydrogen) atoms. The predicted octanol–water partition coefficient (Wildman–Crippen LogP) is 5.59. The summed E-state index contributed by atoms with van der Waals surface area (Å²) in [6.45, 7) is 6.13. The quantitative estimate of drug-likeness (QED) is 0.310. The molecule has 0 saturated heterocycles. The number of benzene rings is 3. The van der Waals surface area contributed by atoms with Crippen LogP contribution in [0.2, 0.25) is 0 Å². The average Bonchev–Trinajstić information content (AvgIpc) is 3.26. The van der Waals surface area contributed by atoms with E-state index in [1.807, 2.05) is 98.1 Å². The van der Waals surface area contributed by atoms with Crippen molar-refractivity contribution in [3.05, 3.63) is 89.7 Å². The number of nitrogens with zero attached hydrogens (tertiary/aromatic N) is 3. The van der Waals surface area contributed by atoms with Gasteiger partial charge in [0.25, 0.3) is 0 Å². The van der Waals surface area contributed by atoms with Gasteiger partial charge in [-0.05, 0) is 56.2 Å². The molecule has 0 bridgehead atoms. The highest BCUT2D eigenvalue weighted by atomic mass is 32.2. The summed E-state index contributed by atoms with van der Waals surface area (Å²) in [4.78, 5) is 13.0. The molecule has 1 atom stereocenters. The maximum Gasteiger partial charge on any atom is 0.237 e. The van der Waals surface area contributed by atoms with Gasteiger partial charge < -0.3 is 14.8 Å². The van der Waals surface area contributed by atoms with E-state index >= 15 is 0 Å². The SMILES string of the molecule is COc1ccccc1NC(=O)C(C)Sc1nnc(COc2c(C)cccc2C)n1-c1ccccc1. The lowest BCUT2D eigenvalue weighted by atomic mass is 10.1. The first-order valence-corrected chi connectivity index (χ1v) is 12.1. The third kappa shape index (κ3) is 5.66. The number of carbonyl (C=O) groups is 1. The summed E-state index contributed by atoms with van der Waals surface area (Å²) in [5.74, 6) is 1.94. The summed E-state index contributed by atoms with van der Waals surface area (Å²) >= 11 is 1.34. The average molecular weight is 489 g/mol.